The van der Waals surface area contributed by atoms with Gasteiger partial charge in [-0.1, -0.05) is 58.7 Å². The molecule has 1 fully saturated rings. The van der Waals surface area contributed by atoms with Gasteiger partial charge in [0.15, 0.2) is 0 Å². The van der Waals surface area contributed by atoms with E-state index >= 15 is 0 Å². The van der Waals surface area contributed by atoms with Crippen LogP contribution in [0.25, 0.3) is 10.9 Å². The van der Waals surface area contributed by atoms with Crippen LogP contribution < -0.4 is 19.5 Å². The highest BCUT2D eigenvalue weighted by molar-refractivity contribution is 7.44. The van der Waals surface area contributed by atoms with E-state index in [0.29, 0.717) is 5.56 Å². The number of aromatic nitrogens is 2. The molecule has 0 aliphatic carbocycles. The van der Waals surface area contributed by atoms with E-state index in [-0.39, 0.29) is 73.5 Å². The molecule has 48 heavy (non-hydrogen) atoms. The van der Waals surface area contributed by atoms with Crippen molar-refractivity contribution in [3.8, 4) is 11.6 Å². The van der Waals surface area contributed by atoms with Gasteiger partial charge in [-0.25, -0.2) is 4.98 Å². The minimum Gasteiger partial charge on any atom is -0.756 e. The van der Waals surface area contributed by atoms with E-state index in [1.807, 2.05) is 6.07 Å². The number of rotatable bonds is 13. The van der Waals surface area contributed by atoms with E-state index in [0.717, 1.165) is 25.7 Å². The van der Waals surface area contributed by atoms with Crippen LogP contribution in [-0.4, -0.2) is 88.2 Å². The van der Waals surface area contributed by atoms with Gasteiger partial charge in [0.1, 0.15) is 18.0 Å². The molecule has 264 valence electrons. The molecule has 1 aromatic carbocycles. The number of Topliss-reactive ketones (excluding diaryl/α,β-unsaturated/α-hetero) is 1. The number of hydrogen-bond acceptors (Lipinski definition) is 11. The number of nitrogens with zero attached hydrogens (tertiary/aromatic N) is 4. The summed E-state index contributed by atoms with van der Waals surface area (Å²) in [6.07, 6.45) is 6.54. The lowest BCUT2D eigenvalue weighted by Crippen LogP contribution is -2.52. The molecule has 0 bridgehead atoms. The third-order valence-corrected chi connectivity index (χ3v) is 8.00. The largest absolute Gasteiger partial charge is 0.756 e. The number of piperazine rings is 1. The summed E-state index contributed by atoms with van der Waals surface area (Å²) in [6.45, 7) is 3.89. The fourth-order valence-electron chi connectivity index (χ4n) is 4.94. The number of phosphoric acid groups is 1. The van der Waals surface area contributed by atoms with Crippen molar-refractivity contribution in [1.29, 1.82) is 0 Å². The number of hydrogen-bond donors (Lipinski definition) is 1. The molecule has 15 nitrogen and oxygen atoms in total. The molecule has 16 heteroatoms. The molecule has 1 aliphatic heterocycles. The fraction of sp³-hybridized carbons (Fsp3) is 0.469. The smallest absolute Gasteiger partial charge is 0.295 e. The molecule has 1 N–H and O–H groups in total. The van der Waals surface area contributed by atoms with Crippen molar-refractivity contribution < 1.29 is 52.6 Å². The monoisotopic (exact) mass is 690 g/mol. The highest BCUT2D eigenvalue weighted by Gasteiger charge is 2.32. The fourth-order valence-corrected chi connectivity index (χ4v) is 5.21. The summed E-state index contributed by atoms with van der Waals surface area (Å²) in [5.74, 6) is -2.89. The second-order valence-corrected chi connectivity index (χ2v) is 12.0. The molecule has 0 radical (unpaired) electrons. The molecular weight excluding hydrogens is 647 g/mol. The first-order chi connectivity index (χ1) is 22.3. The zero-order valence-corrected chi connectivity index (χ0v) is 27.6. The zero-order chi connectivity index (χ0) is 34.7. The van der Waals surface area contributed by atoms with Crippen LogP contribution in [0.15, 0.2) is 42.7 Å². The molecule has 1 aliphatic rings. The van der Waals surface area contributed by atoms with Crippen LogP contribution >= 0.6 is 7.82 Å². The van der Waals surface area contributed by atoms with Crippen molar-refractivity contribution in [3.63, 3.8) is 0 Å². The Hall–Kier alpha value is -4.30. The quantitative estimate of drug-likeness (QED) is 0.119. The van der Waals surface area contributed by atoms with E-state index in [1.54, 1.807) is 36.1 Å². The summed E-state index contributed by atoms with van der Waals surface area (Å²) in [5.41, 5.74) is 0.570. The lowest BCUT2D eigenvalue weighted by Gasteiger charge is -2.34. The van der Waals surface area contributed by atoms with Gasteiger partial charge in [0.2, 0.25) is 5.88 Å². The second-order valence-electron chi connectivity index (χ2n) is 10.8. The summed E-state index contributed by atoms with van der Waals surface area (Å²) in [7, 11) is -2.44. The molecule has 0 spiro atoms. The zero-order valence-electron chi connectivity index (χ0n) is 26.7. The van der Waals surface area contributed by atoms with Crippen molar-refractivity contribution in [2.24, 2.45) is 5.92 Å². The average Bonchev–Trinajstić information content (AvgIpc) is 3.46. The number of carbonyl (C=O) groups excluding carboxylic acids is 4. The number of aliphatic carboxylic acids is 1. The van der Waals surface area contributed by atoms with Crippen LogP contribution in [0, 0.1) is 5.92 Å². The number of carboxylic acid groups (broad SMARTS) is 1. The van der Waals surface area contributed by atoms with Gasteiger partial charge in [-0.3, -0.25) is 23.5 Å². The highest BCUT2D eigenvalue weighted by atomic mass is 31.2. The number of fused-ring (bicyclic) bond motifs is 1. The van der Waals surface area contributed by atoms with Gasteiger partial charge in [0.25, 0.3) is 25.4 Å². The van der Waals surface area contributed by atoms with E-state index in [1.165, 1.54) is 36.1 Å². The number of ether oxygens (including phenoxy) is 2. The van der Waals surface area contributed by atoms with Crippen LogP contribution in [0.4, 0.5) is 0 Å². The summed E-state index contributed by atoms with van der Waals surface area (Å²) in [4.78, 5) is 76.6. The first-order valence-corrected chi connectivity index (χ1v) is 16.5. The number of unbranched alkanes of at least 4 members (excludes halogenated alkanes) is 2. The number of phosphoric ester groups is 1. The molecule has 4 rings (SSSR count). The van der Waals surface area contributed by atoms with Crippen molar-refractivity contribution in [2.45, 2.75) is 53.7 Å². The Balaban J connectivity index is 0.000000633. The minimum absolute atomic E-state index is 0. The van der Waals surface area contributed by atoms with Crippen molar-refractivity contribution >= 4 is 42.3 Å². The Morgan fingerprint density at radius 3 is 2.19 bits per heavy atom. The van der Waals surface area contributed by atoms with Gasteiger partial charge in [-0.15, -0.1) is 0 Å². The first kappa shape index (κ1) is 39.9. The number of methoxy groups -OCH3 is 2. The Bertz CT molecular complexity index is 1600. The first-order valence-electron chi connectivity index (χ1n) is 15.0. The second kappa shape index (κ2) is 18.3. The highest BCUT2D eigenvalue weighted by Crippen LogP contribution is 2.38. The molecule has 2 atom stereocenters. The third kappa shape index (κ3) is 10.3. The maximum absolute atomic E-state index is 13.4. The molecular formula is C32H43N4O11P-2. The minimum atomic E-state index is -5.10. The van der Waals surface area contributed by atoms with Crippen LogP contribution in [0.5, 0.6) is 11.6 Å². The number of ketones is 1. The summed E-state index contributed by atoms with van der Waals surface area (Å²) >= 11 is 0. The molecule has 1 saturated heterocycles. The molecule has 3 aromatic rings. The molecule has 0 saturated carbocycles. The van der Waals surface area contributed by atoms with Crippen molar-refractivity contribution in [3.05, 3.63) is 53.9 Å². The molecule has 2 aromatic heterocycles. The predicted octanol–water partition coefficient (Wildman–Crippen LogP) is 2.24. The topological polar surface area (TPSA) is 204 Å². The van der Waals surface area contributed by atoms with E-state index < -0.39 is 32.2 Å². The number of carbonyl (C=O) groups is 4. The van der Waals surface area contributed by atoms with Gasteiger partial charge in [-0.2, -0.15) is 0 Å². The maximum atomic E-state index is 13.4. The Morgan fingerprint density at radius 1 is 1.02 bits per heavy atom. The van der Waals surface area contributed by atoms with Crippen LogP contribution in [0.3, 0.4) is 0 Å². The normalized spacial score (nSPS) is 14.5. The van der Waals surface area contributed by atoms with E-state index in [2.05, 4.69) is 16.4 Å². The molecule has 3 heterocycles. The molecule has 2 amide bonds. The Morgan fingerprint density at radius 2 is 1.65 bits per heavy atom. The Kier molecular flexibility index (Phi) is 15.2. The van der Waals surface area contributed by atoms with Crippen LogP contribution in [0.1, 0.15) is 67.7 Å². The average molecular weight is 691 g/mol. The van der Waals surface area contributed by atoms with Gasteiger partial charge in [0.05, 0.1) is 31.4 Å². The van der Waals surface area contributed by atoms with E-state index in [4.69, 9.17) is 14.4 Å². The van der Waals surface area contributed by atoms with Crippen LogP contribution in [0.2, 0.25) is 0 Å². The van der Waals surface area contributed by atoms with Gasteiger partial charge in [0, 0.05) is 43.9 Å². The van der Waals surface area contributed by atoms with Crippen molar-refractivity contribution in [2.75, 3.05) is 40.4 Å². The Labute approximate surface area is 279 Å². The number of pyridine rings is 1. The lowest BCUT2D eigenvalue weighted by molar-refractivity contribution is -0.311. The van der Waals surface area contributed by atoms with Gasteiger partial charge in [-0.05, 0) is 24.5 Å². The van der Waals surface area contributed by atoms with Crippen molar-refractivity contribution in [1.82, 2.24) is 19.4 Å². The number of benzene rings is 1. The van der Waals surface area contributed by atoms with Gasteiger partial charge < -0.3 is 43.5 Å². The number of carboxylic acids is 1. The maximum Gasteiger partial charge on any atom is 0.295 e. The summed E-state index contributed by atoms with van der Waals surface area (Å²) in [6, 6.07) is 8.76. The third-order valence-electron chi connectivity index (χ3n) is 7.56. The summed E-state index contributed by atoms with van der Waals surface area (Å²) < 4.78 is 27.4. The SMILES string of the molecule is C.CCCCC[C@H](C)C(=O)[O-].COc1cnc(OC)c2c1c(C(=O)C(=O)N1CCN(C(=O)c3ccccc3)CC1)cn2COP(=O)([O-])O. The lowest BCUT2D eigenvalue weighted by atomic mass is 10.0. The van der Waals surface area contributed by atoms with E-state index in [9.17, 15) is 33.7 Å². The molecule has 1 unspecified atom stereocenters. The standard InChI is InChI=1S/C23H25N4O9P.C8H16O2.CH4/c1-34-17-12-24-21(35-2)19-18(17)16(13-27(19)14-36-37(31,32)33)20(28)23(30)26-10-8-25(9-11-26)22(29)15-6-4-3-5-7-15;1-3-4-5-6-7(2)8(9)10;/h3-7,12-13H,8-11,14H2,1-2H3,(H2,31,32,33);7H,3-6H2,1-2H3,(H,9,10);1H4/p-2/t;7-;/m.0./s1. The van der Waals surface area contributed by atoms with Crippen LogP contribution in [-0.2, 0) is 25.4 Å². The summed E-state index contributed by atoms with van der Waals surface area (Å²) in [5, 5.41) is 10.3. The predicted molar refractivity (Wildman–Crippen MR) is 172 cm³/mol. The number of amides is 2. The van der Waals surface area contributed by atoms with Gasteiger partial charge >= 0.3 is 0 Å².